The predicted molar refractivity (Wildman–Crippen MR) is 71.2 cm³/mol. The third-order valence-corrected chi connectivity index (χ3v) is 3.52. The summed E-state index contributed by atoms with van der Waals surface area (Å²) >= 11 is 1.70. The summed E-state index contributed by atoms with van der Waals surface area (Å²) in [4.78, 5) is 9.91. The van der Waals surface area contributed by atoms with Crippen molar-refractivity contribution in [3.8, 4) is 0 Å². The van der Waals surface area contributed by atoms with E-state index in [9.17, 15) is 0 Å². The maximum Gasteiger partial charge on any atom is 0.0794 e. The quantitative estimate of drug-likeness (QED) is 0.883. The van der Waals surface area contributed by atoms with Crippen LogP contribution in [0.2, 0.25) is 0 Å². The van der Waals surface area contributed by atoms with Crippen LogP contribution in [0.1, 0.15) is 29.1 Å². The molecule has 17 heavy (non-hydrogen) atoms. The van der Waals surface area contributed by atoms with Gasteiger partial charge >= 0.3 is 0 Å². The molecule has 0 saturated heterocycles. The Morgan fingerprint density at radius 3 is 3.00 bits per heavy atom. The van der Waals surface area contributed by atoms with Crippen LogP contribution in [0.25, 0.3) is 0 Å². The molecule has 2 heterocycles. The SMILES string of the molecule is CCNC(Cc1cncs1)c1ncccc1C. The van der Waals surface area contributed by atoms with Gasteiger partial charge in [-0.25, -0.2) is 0 Å². The summed E-state index contributed by atoms with van der Waals surface area (Å²) in [7, 11) is 0. The fourth-order valence-electron chi connectivity index (χ4n) is 1.92. The average molecular weight is 247 g/mol. The Hall–Kier alpha value is -1.26. The lowest BCUT2D eigenvalue weighted by molar-refractivity contribution is 0.537. The third-order valence-electron chi connectivity index (χ3n) is 2.72. The molecule has 0 radical (unpaired) electrons. The molecule has 1 N–H and O–H groups in total. The minimum atomic E-state index is 0.279. The first kappa shape index (κ1) is 12.2. The predicted octanol–water partition coefficient (Wildman–Crippen LogP) is 2.74. The first-order chi connectivity index (χ1) is 8.31. The van der Waals surface area contributed by atoms with E-state index in [0.717, 1.165) is 18.7 Å². The van der Waals surface area contributed by atoms with E-state index in [-0.39, 0.29) is 6.04 Å². The second-order valence-corrected chi connectivity index (χ2v) is 4.96. The van der Waals surface area contributed by atoms with Crippen molar-refractivity contribution in [2.75, 3.05) is 6.54 Å². The van der Waals surface area contributed by atoms with Gasteiger partial charge in [-0.05, 0) is 25.1 Å². The number of rotatable bonds is 5. The van der Waals surface area contributed by atoms with Crippen LogP contribution in [0, 0.1) is 6.92 Å². The molecule has 4 heteroatoms. The summed E-state index contributed by atoms with van der Waals surface area (Å²) in [5.74, 6) is 0. The van der Waals surface area contributed by atoms with E-state index < -0.39 is 0 Å². The Morgan fingerprint density at radius 1 is 1.47 bits per heavy atom. The summed E-state index contributed by atoms with van der Waals surface area (Å²) in [6, 6.07) is 4.37. The fraction of sp³-hybridized carbons (Fsp3) is 0.385. The molecule has 90 valence electrons. The zero-order valence-corrected chi connectivity index (χ0v) is 11.0. The minimum Gasteiger partial charge on any atom is -0.309 e. The molecule has 0 saturated carbocycles. The Bertz CT molecular complexity index is 453. The van der Waals surface area contributed by atoms with Crippen LogP contribution in [-0.4, -0.2) is 16.5 Å². The van der Waals surface area contributed by atoms with Gasteiger partial charge in [-0.2, -0.15) is 0 Å². The van der Waals surface area contributed by atoms with Crippen molar-refractivity contribution >= 4 is 11.3 Å². The summed E-state index contributed by atoms with van der Waals surface area (Å²) in [6.45, 7) is 5.18. The number of nitrogens with one attached hydrogen (secondary N) is 1. The highest BCUT2D eigenvalue weighted by atomic mass is 32.1. The van der Waals surface area contributed by atoms with E-state index >= 15 is 0 Å². The molecule has 0 fully saturated rings. The highest BCUT2D eigenvalue weighted by molar-refractivity contribution is 7.09. The topological polar surface area (TPSA) is 37.8 Å². The van der Waals surface area contributed by atoms with Gasteiger partial charge in [-0.3, -0.25) is 9.97 Å². The van der Waals surface area contributed by atoms with Gasteiger partial charge in [0.15, 0.2) is 0 Å². The van der Waals surface area contributed by atoms with Crippen molar-refractivity contribution in [1.82, 2.24) is 15.3 Å². The molecule has 0 spiro atoms. The van der Waals surface area contributed by atoms with Crippen molar-refractivity contribution in [2.24, 2.45) is 0 Å². The lowest BCUT2D eigenvalue weighted by atomic mass is 10.0. The van der Waals surface area contributed by atoms with Crippen molar-refractivity contribution in [3.63, 3.8) is 0 Å². The molecule has 2 aromatic rings. The van der Waals surface area contributed by atoms with E-state index in [1.165, 1.54) is 10.4 Å². The molecule has 2 rings (SSSR count). The fourth-order valence-corrected chi connectivity index (χ4v) is 2.56. The van der Waals surface area contributed by atoms with E-state index in [0.29, 0.717) is 0 Å². The second kappa shape index (κ2) is 5.89. The standard InChI is InChI=1S/C13H17N3S/c1-3-15-12(7-11-8-14-9-17-11)13-10(2)5-4-6-16-13/h4-6,8-9,12,15H,3,7H2,1-2H3. The molecule has 3 nitrogen and oxygen atoms in total. The van der Waals surface area contributed by atoms with Gasteiger partial charge in [-0.15, -0.1) is 11.3 Å². The lowest BCUT2D eigenvalue weighted by Gasteiger charge is -2.18. The van der Waals surface area contributed by atoms with Gasteiger partial charge in [-0.1, -0.05) is 13.0 Å². The van der Waals surface area contributed by atoms with E-state index in [1.54, 1.807) is 11.3 Å². The minimum absolute atomic E-state index is 0.279. The van der Waals surface area contributed by atoms with Crippen LogP contribution >= 0.6 is 11.3 Å². The number of pyridine rings is 1. The number of nitrogens with zero attached hydrogens (tertiary/aromatic N) is 2. The largest absolute Gasteiger partial charge is 0.309 e. The van der Waals surface area contributed by atoms with Gasteiger partial charge in [0, 0.05) is 23.7 Å². The molecule has 1 atom stereocenters. The summed E-state index contributed by atoms with van der Waals surface area (Å²) < 4.78 is 0. The molecule has 0 bridgehead atoms. The highest BCUT2D eigenvalue weighted by Gasteiger charge is 2.15. The van der Waals surface area contributed by atoms with E-state index in [1.807, 2.05) is 24.0 Å². The molecule has 1 unspecified atom stereocenters. The van der Waals surface area contributed by atoms with Crippen LogP contribution < -0.4 is 5.32 Å². The smallest absolute Gasteiger partial charge is 0.0794 e. The van der Waals surface area contributed by atoms with Crippen molar-refractivity contribution in [1.29, 1.82) is 0 Å². The Labute approximate surface area is 106 Å². The zero-order valence-electron chi connectivity index (χ0n) is 10.2. The third kappa shape index (κ3) is 3.11. The summed E-state index contributed by atoms with van der Waals surface area (Å²) in [6.07, 6.45) is 4.75. The van der Waals surface area contributed by atoms with Crippen molar-refractivity contribution in [3.05, 3.63) is 46.2 Å². The van der Waals surface area contributed by atoms with Crippen LogP contribution in [0.15, 0.2) is 30.0 Å². The second-order valence-electron chi connectivity index (χ2n) is 3.99. The monoisotopic (exact) mass is 247 g/mol. The Kier molecular flexibility index (Phi) is 4.23. The zero-order chi connectivity index (χ0) is 12.1. The highest BCUT2D eigenvalue weighted by Crippen LogP contribution is 2.21. The lowest BCUT2D eigenvalue weighted by Crippen LogP contribution is -2.24. The first-order valence-corrected chi connectivity index (χ1v) is 6.71. The van der Waals surface area contributed by atoms with Gasteiger partial charge in [0.1, 0.15) is 0 Å². The van der Waals surface area contributed by atoms with Crippen molar-refractivity contribution in [2.45, 2.75) is 26.3 Å². The van der Waals surface area contributed by atoms with E-state index in [2.05, 4.69) is 35.2 Å². The summed E-state index contributed by atoms with van der Waals surface area (Å²) in [5, 5.41) is 3.49. The molecule has 0 aromatic carbocycles. The van der Waals surface area contributed by atoms with Gasteiger partial charge < -0.3 is 5.32 Å². The van der Waals surface area contributed by atoms with Gasteiger partial charge in [0.25, 0.3) is 0 Å². The molecule has 0 aliphatic heterocycles. The maximum absolute atomic E-state index is 4.50. The number of hydrogen-bond donors (Lipinski definition) is 1. The number of aryl methyl sites for hydroxylation is 1. The molecule has 0 amide bonds. The molecule has 0 aliphatic rings. The van der Waals surface area contributed by atoms with Crippen molar-refractivity contribution < 1.29 is 0 Å². The first-order valence-electron chi connectivity index (χ1n) is 5.83. The molecular weight excluding hydrogens is 230 g/mol. The van der Waals surface area contributed by atoms with E-state index in [4.69, 9.17) is 0 Å². The Morgan fingerprint density at radius 2 is 2.35 bits per heavy atom. The summed E-state index contributed by atoms with van der Waals surface area (Å²) in [5.41, 5.74) is 4.26. The molecular formula is C13H17N3S. The van der Waals surface area contributed by atoms with Crippen LogP contribution in [0.3, 0.4) is 0 Å². The van der Waals surface area contributed by atoms with Gasteiger partial charge in [0.2, 0.25) is 0 Å². The Balaban J connectivity index is 2.20. The van der Waals surface area contributed by atoms with Crippen LogP contribution in [-0.2, 0) is 6.42 Å². The van der Waals surface area contributed by atoms with Crippen LogP contribution in [0.5, 0.6) is 0 Å². The normalized spacial score (nSPS) is 12.6. The number of likely N-dealkylation sites (N-methyl/N-ethyl adjacent to an activating group) is 1. The molecule has 0 aliphatic carbocycles. The number of thiazole rings is 1. The van der Waals surface area contributed by atoms with Gasteiger partial charge in [0.05, 0.1) is 17.2 Å². The number of hydrogen-bond acceptors (Lipinski definition) is 4. The van der Waals surface area contributed by atoms with Crippen LogP contribution in [0.4, 0.5) is 0 Å². The molecule has 2 aromatic heterocycles. The maximum atomic E-state index is 4.50. The number of aromatic nitrogens is 2. The average Bonchev–Trinajstić information content (AvgIpc) is 2.82.